The Labute approximate surface area is 98.8 Å². The van der Waals surface area contributed by atoms with E-state index in [2.05, 4.69) is 16.4 Å². The Hall–Kier alpha value is -1.83. The smallest absolute Gasteiger partial charge is 0.322 e. The van der Waals surface area contributed by atoms with Crippen LogP contribution in [0.4, 0.5) is 0 Å². The minimum absolute atomic E-state index is 0.203. The van der Waals surface area contributed by atoms with Gasteiger partial charge in [-0.25, -0.2) is 0 Å². The van der Waals surface area contributed by atoms with Gasteiger partial charge in [0.1, 0.15) is 6.04 Å². The zero-order valence-electron chi connectivity index (χ0n) is 9.46. The summed E-state index contributed by atoms with van der Waals surface area (Å²) in [5, 5.41) is 18.3. The molecule has 0 fully saturated rings. The Morgan fingerprint density at radius 3 is 2.41 bits per heavy atom. The lowest BCUT2D eigenvalue weighted by molar-refractivity contribution is -0.142. The zero-order chi connectivity index (χ0) is 13.4. The number of methoxy groups -OCH3 is 1. The minimum Gasteiger partial charge on any atom is -0.504 e. The van der Waals surface area contributed by atoms with Crippen molar-refractivity contribution in [1.29, 1.82) is 0 Å². The standard InChI is InChI=1S/C10H13NO4.H4N2/c1-15-10(14)7(11)4-6-2-3-8(12)9(13)5-6;1-2/h2-3,5,7,12-13H,4,11H2,1H3;1-2H2. The van der Waals surface area contributed by atoms with Crippen molar-refractivity contribution in [3.05, 3.63) is 23.8 Å². The van der Waals surface area contributed by atoms with E-state index < -0.39 is 12.0 Å². The van der Waals surface area contributed by atoms with E-state index in [1.54, 1.807) is 6.07 Å². The van der Waals surface area contributed by atoms with Crippen LogP contribution >= 0.6 is 0 Å². The van der Waals surface area contributed by atoms with E-state index in [-0.39, 0.29) is 17.9 Å². The number of phenolic OH excluding ortho intramolecular Hbond substituents is 2. The molecule has 1 rings (SSSR count). The predicted octanol–water partition coefficient (Wildman–Crippen LogP) is -1.04. The summed E-state index contributed by atoms with van der Waals surface area (Å²) in [6, 6.07) is 3.52. The number of rotatable bonds is 3. The monoisotopic (exact) mass is 243 g/mol. The van der Waals surface area contributed by atoms with Crippen LogP contribution in [0.15, 0.2) is 18.2 Å². The maximum absolute atomic E-state index is 11.0. The number of hydrogen-bond donors (Lipinski definition) is 5. The normalized spacial score (nSPS) is 11.1. The summed E-state index contributed by atoms with van der Waals surface area (Å²) >= 11 is 0. The van der Waals surface area contributed by atoms with Crippen molar-refractivity contribution in [2.24, 2.45) is 17.4 Å². The van der Waals surface area contributed by atoms with E-state index in [1.165, 1.54) is 19.2 Å². The van der Waals surface area contributed by atoms with Crippen LogP contribution in [0, 0.1) is 0 Å². The van der Waals surface area contributed by atoms with Crippen molar-refractivity contribution >= 4 is 5.97 Å². The van der Waals surface area contributed by atoms with E-state index >= 15 is 0 Å². The molecule has 0 saturated carbocycles. The van der Waals surface area contributed by atoms with Crippen LogP contribution in [0.2, 0.25) is 0 Å². The van der Waals surface area contributed by atoms with Gasteiger partial charge in [0.15, 0.2) is 11.5 Å². The molecule has 0 heterocycles. The molecule has 1 aromatic carbocycles. The second-order valence-corrected chi connectivity index (χ2v) is 3.16. The van der Waals surface area contributed by atoms with Crippen molar-refractivity contribution in [3.8, 4) is 11.5 Å². The highest BCUT2D eigenvalue weighted by molar-refractivity contribution is 5.75. The van der Waals surface area contributed by atoms with E-state index in [0.717, 1.165) is 0 Å². The highest BCUT2D eigenvalue weighted by Crippen LogP contribution is 2.25. The third-order valence-corrected chi connectivity index (χ3v) is 2.00. The van der Waals surface area contributed by atoms with Gasteiger partial charge in [0.25, 0.3) is 0 Å². The van der Waals surface area contributed by atoms with Crippen molar-refractivity contribution in [3.63, 3.8) is 0 Å². The largest absolute Gasteiger partial charge is 0.504 e. The molecule has 0 aliphatic carbocycles. The van der Waals surface area contributed by atoms with Gasteiger partial charge < -0.3 is 20.7 Å². The molecular weight excluding hydrogens is 226 g/mol. The SMILES string of the molecule is COC(=O)C(N)Cc1ccc(O)c(O)c1.NN. The Morgan fingerprint density at radius 2 is 1.94 bits per heavy atom. The van der Waals surface area contributed by atoms with Crippen LogP contribution in [0.3, 0.4) is 0 Å². The first-order valence-electron chi connectivity index (χ1n) is 4.72. The predicted molar refractivity (Wildman–Crippen MR) is 61.8 cm³/mol. The summed E-state index contributed by atoms with van der Waals surface area (Å²) in [5.74, 6) is 7.05. The molecule has 0 bridgehead atoms. The van der Waals surface area contributed by atoms with Crippen LogP contribution in [-0.4, -0.2) is 29.3 Å². The number of phenols is 2. The molecule has 0 radical (unpaired) electrons. The van der Waals surface area contributed by atoms with Gasteiger partial charge in [0, 0.05) is 0 Å². The molecule has 96 valence electrons. The lowest BCUT2D eigenvalue weighted by Crippen LogP contribution is -2.33. The molecule has 1 atom stereocenters. The topological polar surface area (TPSA) is 145 Å². The van der Waals surface area contributed by atoms with Gasteiger partial charge in [-0.3, -0.25) is 16.5 Å². The molecule has 0 aliphatic heterocycles. The summed E-state index contributed by atoms with van der Waals surface area (Å²) in [6.45, 7) is 0. The Bertz CT molecular complexity index is 371. The molecule has 17 heavy (non-hydrogen) atoms. The number of esters is 1. The fourth-order valence-electron chi connectivity index (χ4n) is 1.18. The molecule has 7 nitrogen and oxygen atoms in total. The quantitative estimate of drug-likeness (QED) is 0.197. The van der Waals surface area contributed by atoms with Gasteiger partial charge in [0.2, 0.25) is 0 Å². The number of nitrogens with two attached hydrogens (primary N) is 3. The molecule has 1 unspecified atom stereocenters. The summed E-state index contributed by atoms with van der Waals surface area (Å²) in [5.41, 5.74) is 6.18. The highest BCUT2D eigenvalue weighted by Gasteiger charge is 2.14. The first-order chi connectivity index (χ1) is 8.04. The van der Waals surface area contributed by atoms with E-state index in [0.29, 0.717) is 5.56 Å². The molecule has 8 N–H and O–H groups in total. The maximum atomic E-state index is 11.0. The van der Waals surface area contributed by atoms with Crippen molar-refractivity contribution in [2.45, 2.75) is 12.5 Å². The molecular formula is C10H17N3O4. The molecule has 1 aromatic rings. The van der Waals surface area contributed by atoms with Gasteiger partial charge >= 0.3 is 5.97 Å². The Balaban J connectivity index is 0.00000121. The number of ether oxygens (including phenoxy) is 1. The number of aromatic hydroxyl groups is 2. The number of hydrogen-bond acceptors (Lipinski definition) is 7. The highest BCUT2D eigenvalue weighted by atomic mass is 16.5. The van der Waals surface area contributed by atoms with Gasteiger partial charge in [0.05, 0.1) is 7.11 Å². The van der Waals surface area contributed by atoms with Gasteiger partial charge in [-0.2, -0.15) is 0 Å². The molecule has 7 heteroatoms. The fourth-order valence-corrected chi connectivity index (χ4v) is 1.18. The zero-order valence-corrected chi connectivity index (χ0v) is 9.46. The number of carbonyl (C=O) groups excluding carboxylic acids is 1. The molecule has 0 aliphatic rings. The Kier molecular flexibility index (Phi) is 6.64. The van der Waals surface area contributed by atoms with Crippen LogP contribution in [-0.2, 0) is 16.0 Å². The van der Waals surface area contributed by atoms with Crippen molar-refractivity contribution < 1.29 is 19.7 Å². The summed E-state index contributed by atoms with van der Waals surface area (Å²) in [7, 11) is 1.26. The van der Waals surface area contributed by atoms with Crippen LogP contribution in [0.1, 0.15) is 5.56 Å². The first kappa shape index (κ1) is 15.2. The van der Waals surface area contributed by atoms with E-state index in [4.69, 9.17) is 10.8 Å². The molecule has 0 amide bonds. The third-order valence-electron chi connectivity index (χ3n) is 2.00. The van der Waals surface area contributed by atoms with Gasteiger partial charge in [-0.05, 0) is 24.1 Å². The van der Waals surface area contributed by atoms with Crippen molar-refractivity contribution in [2.75, 3.05) is 7.11 Å². The fraction of sp³-hybridized carbons (Fsp3) is 0.300. The average Bonchev–Trinajstić information content (AvgIpc) is 2.35. The first-order valence-corrected chi connectivity index (χ1v) is 4.72. The maximum Gasteiger partial charge on any atom is 0.322 e. The van der Waals surface area contributed by atoms with E-state index in [9.17, 15) is 9.90 Å². The van der Waals surface area contributed by atoms with Crippen LogP contribution in [0.25, 0.3) is 0 Å². The van der Waals surface area contributed by atoms with Gasteiger partial charge in [-0.15, -0.1) is 0 Å². The summed E-state index contributed by atoms with van der Waals surface area (Å²) in [4.78, 5) is 11.0. The lowest BCUT2D eigenvalue weighted by Gasteiger charge is -2.09. The third kappa shape index (κ3) is 4.68. The number of benzene rings is 1. The minimum atomic E-state index is -0.765. The van der Waals surface area contributed by atoms with Crippen molar-refractivity contribution in [1.82, 2.24) is 0 Å². The second kappa shape index (κ2) is 7.44. The van der Waals surface area contributed by atoms with E-state index in [1.807, 2.05) is 0 Å². The number of carbonyl (C=O) groups is 1. The summed E-state index contributed by atoms with van der Waals surface area (Å²) < 4.78 is 4.46. The van der Waals surface area contributed by atoms with Gasteiger partial charge in [-0.1, -0.05) is 6.07 Å². The van der Waals surface area contributed by atoms with Crippen LogP contribution in [0.5, 0.6) is 11.5 Å². The second-order valence-electron chi connectivity index (χ2n) is 3.16. The average molecular weight is 243 g/mol. The Morgan fingerprint density at radius 1 is 1.35 bits per heavy atom. The summed E-state index contributed by atoms with van der Waals surface area (Å²) in [6.07, 6.45) is 0.251. The molecule has 0 aromatic heterocycles. The number of hydrazine groups is 1. The lowest BCUT2D eigenvalue weighted by atomic mass is 10.1. The molecule has 0 spiro atoms. The van der Waals surface area contributed by atoms with Crippen LogP contribution < -0.4 is 17.4 Å². The molecule has 0 saturated heterocycles.